The topological polar surface area (TPSA) is 53.9 Å². The van der Waals surface area contributed by atoms with Gasteiger partial charge in [0.25, 0.3) is 5.69 Å². The van der Waals surface area contributed by atoms with Crippen molar-refractivity contribution < 1.29 is 17.6 Å². The number of nitriles is 1. The van der Waals surface area contributed by atoms with Crippen LogP contribution in [0.25, 0.3) is 38.5 Å². The molecule has 1 aliphatic carbocycles. The minimum absolute atomic E-state index is 0.0434. The number of fused-ring (bicyclic) bond motifs is 3. The molecule has 4 aromatic carbocycles. The van der Waals surface area contributed by atoms with Crippen LogP contribution in [-0.2, 0) is 5.41 Å². The second kappa shape index (κ2) is 10.6. The summed E-state index contributed by atoms with van der Waals surface area (Å²) < 4.78 is 59.2. The Bertz CT molecular complexity index is 2100. The van der Waals surface area contributed by atoms with E-state index < -0.39 is 39.9 Å². The lowest BCUT2D eigenvalue weighted by Crippen LogP contribution is -2.31. The van der Waals surface area contributed by atoms with Crippen LogP contribution in [0.4, 0.5) is 23.2 Å². The third-order valence-corrected chi connectivity index (χ3v) is 8.15. The van der Waals surface area contributed by atoms with Gasteiger partial charge in [0.15, 0.2) is 5.82 Å². The number of aromatic nitrogens is 2. The van der Waals surface area contributed by atoms with Gasteiger partial charge in [-0.1, -0.05) is 60.7 Å². The molecular weight excluding hydrogens is 576 g/mol. The molecule has 0 bridgehead atoms. The van der Waals surface area contributed by atoms with Crippen LogP contribution in [0.1, 0.15) is 28.1 Å². The lowest BCUT2D eigenvalue weighted by molar-refractivity contribution is 0.578. The maximum atomic E-state index is 15.4. The van der Waals surface area contributed by atoms with Crippen LogP contribution in [0.2, 0.25) is 0 Å². The van der Waals surface area contributed by atoms with Crippen molar-refractivity contribution in [3.05, 3.63) is 172 Å². The Hall–Kier alpha value is -6.12. The van der Waals surface area contributed by atoms with Gasteiger partial charge in [-0.25, -0.2) is 22.4 Å². The fraction of sp³-hybridized carbons (Fsp3) is 0.0270. The fourth-order valence-electron chi connectivity index (χ4n) is 6.20. The normalized spacial score (nSPS) is 12.6. The van der Waals surface area contributed by atoms with Crippen molar-refractivity contribution in [2.24, 2.45) is 0 Å². The largest absolute Gasteiger partial charge is 0.257 e. The molecule has 4 nitrogen and oxygen atoms in total. The smallest absolute Gasteiger partial charge is 0.251 e. The van der Waals surface area contributed by atoms with Gasteiger partial charge in [-0.3, -0.25) is 9.97 Å². The Balaban J connectivity index is 1.54. The molecular formula is C37H18F4N4. The van der Waals surface area contributed by atoms with Crippen molar-refractivity contribution >= 4 is 5.69 Å². The molecule has 45 heavy (non-hydrogen) atoms. The van der Waals surface area contributed by atoms with E-state index in [2.05, 4.69) is 4.85 Å². The Morgan fingerprint density at radius 2 is 1.09 bits per heavy atom. The molecule has 0 saturated carbocycles. The molecule has 1 aliphatic rings. The summed E-state index contributed by atoms with van der Waals surface area (Å²) in [6.07, 6.45) is 0. The first-order valence-corrected chi connectivity index (χ1v) is 13.8. The average Bonchev–Trinajstić information content (AvgIpc) is 3.37. The number of nitrogens with zero attached hydrogens (tertiary/aromatic N) is 4. The van der Waals surface area contributed by atoms with E-state index >= 15 is 8.78 Å². The number of rotatable bonds is 4. The van der Waals surface area contributed by atoms with Crippen LogP contribution in [0.5, 0.6) is 0 Å². The Morgan fingerprint density at radius 3 is 1.62 bits per heavy atom. The van der Waals surface area contributed by atoms with Crippen molar-refractivity contribution in [3.63, 3.8) is 0 Å². The van der Waals surface area contributed by atoms with Gasteiger partial charge < -0.3 is 0 Å². The van der Waals surface area contributed by atoms with Gasteiger partial charge in [-0.05, 0) is 70.8 Å². The first-order chi connectivity index (χ1) is 21.9. The van der Waals surface area contributed by atoms with E-state index in [4.69, 9.17) is 16.5 Å². The second-order valence-corrected chi connectivity index (χ2v) is 10.4. The quantitative estimate of drug-likeness (QED) is 0.151. The van der Waals surface area contributed by atoms with E-state index in [1.54, 1.807) is 42.5 Å². The molecule has 0 amide bonds. The maximum absolute atomic E-state index is 15.4. The van der Waals surface area contributed by atoms with E-state index in [-0.39, 0.29) is 22.5 Å². The molecule has 0 aliphatic heterocycles. The molecule has 7 rings (SSSR count). The van der Waals surface area contributed by atoms with Crippen LogP contribution >= 0.6 is 0 Å². The minimum atomic E-state index is -1.19. The van der Waals surface area contributed by atoms with Crippen LogP contribution in [0.15, 0.2) is 109 Å². The summed E-state index contributed by atoms with van der Waals surface area (Å²) in [4.78, 5) is 12.9. The highest BCUT2D eigenvalue weighted by molar-refractivity contribution is 5.86. The lowest BCUT2D eigenvalue weighted by atomic mass is 9.72. The molecule has 6 aromatic rings. The number of halogens is 4. The molecule has 0 saturated heterocycles. The van der Waals surface area contributed by atoms with E-state index in [0.717, 1.165) is 34.4 Å². The summed E-state index contributed by atoms with van der Waals surface area (Å²) in [5.74, 6) is -3.98. The first-order valence-electron chi connectivity index (χ1n) is 13.8. The number of hydrogen-bond donors (Lipinski definition) is 0. The number of pyridine rings is 2. The maximum Gasteiger partial charge on any atom is 0.257 e. The van der Waals surface area contributed by atoms with Crippen molar-refractivity contribution in [2.75, 3.05) is 0 Å². The summed E-state index contributed by atoms with van der Waals surface area (Å²) in [6, 6.07) is 31.7. The van der Waals surface area contributed by atoms with Gasteiger partial charge in [0, 0.05) is 11.1 Å². The highest BCUT2D eigenvalue weighted by atomic mass is 19.1. The van der Waals surface area contributed by atoms with E-state index in [1.165, 1.54) is 12.1 Å². The summed E-state index contributed by atoms with van der Waals surface area (Å²) >= 11 is 0. The fourth-order valence-corrected chi connectivity index (χ4v) is 6.20. The minimum Gasteiger partial charge on any atom is -0.251 e. The Labute approximate surface area is 255 Å². The van der Waals surface area contributed by atoms with Crippen LogP contribution in [0.3, 0.4) is 0 Å². The third kappa shape index (κ3) is 4.04. The van der Waals surface area contributed by atoms with Crippen molar-refractivity contribution in [1.29, 1.82) is 5.26 Å². The molecule has 2 heterocycles. The van der Waals surface area contributed by atoms with Gasteiger partial charge in [0.1, 0.15) is 34.5 Å². The standard InChI is InChI=1S/C37H18F4N4/c1-43-36-29(39)19-17-24(35(36)41)31-13-7-15-33(45-31)37(26-10-4-2-8-21(26)22-9-3-5-11-27(22)37)32-14-6-12-30(44-32)23-16-18-28(38)25(20-42)34(23)40/h2-19H. The van der Waals surface area contributed by atoms with Crippen molar-refractivity contribution in [3.8, 4) is 39.7 Å². The lowest BCUT2D eigenvalue weighted by Gasteiger charge is -2.32. The predicted octanol–water partition coefficient (Wildman–Crippen LogP) is 9.15. The van der Waals surface area contributed by atoms with Crippen LogP contribution < -0.4 is 0 Å². The number of benzene rings is 4. The van der Waals surface area contributed by atoms with Gasteiger partial charge in [-0.15, -0.1) is 0 Å². The molecule has 0 fully saturated rings. The predicted molar refractivity (Wildman–Crippen MR) is 161 cm³/mol. The molecule has 0 atom stereocenters. The summed E-state index contributed by atoms with van der Waals surface area (Å²) in [7, 11) is 0. The highest BCUT2D eigenvalue weighted by Gasteiger charge is 2.48. The molecule has 0 spiro atoms. The van der Waals surface area contributed by atoms with Gasteiger partial charge in [0.05, 0.1) is 29.3 Å². The van der Waals surface area contributed by atoms with Gasteiger partial charge in [-0.2, -0.15) is 5.26 Å². The molecule has 0 N–H and O–H groups in total. The zero-order valence-electron chi connectivity index (χ0n) is 23.2. The van der Waals surface area contributed by atoms with Gasteiger partial charge >= 0.3 is 0 Å². The summed E-state index contributed by atoms with van der Waals surface area (Å²) in [5, 5.41) is 9.37. The Morgan fingerprint density at radius 1 is 0.578 bits per heavy atom. The molecule has 214 valence electrons. The van der Waals surface area contributed by atoms with Crippen LogP contribution in [-0.4, -0.2) is 9.97 Å². The number of hydrogen-bond acceptors (Lipinski definition) is 3. The average molecular weight is 595 g/mol. The van der Waals surface area contributed by atoms with E-state index in [1.807, 2.05) is 48.5 Å². The van der Waals surface area contributed by atoms with Crippen molar-refractivity contribution in [2.45, 2.75) is 5.41 Å². The monoisotopic (exact) mass is 594 g/mol. The summed E-state index contributed by atoms with van der Waals surface area (Å²) in [6.45, 7) is 7.26. The molecule has 0 unspecified atom stereocenters. The van der Waals surface area contributed by atoms with Crippen LogP contribution in [0, 0.1) is 41.2 Å². The first kappa shape index (κ1) is 27.7. The SMILES string of the molecule is [C-]#[N+]c1c(F)ccc(-c2cccc(C3(c4cccc(-c5ccc(F)c(C#N)c5F)n4)c4ccccc4-c4ccccc43)n2)c1F. The molecule has 0 radical (unpaired) electrons. The zero-order valence-corrected chi connectivity index (χ0v) is 23.2. The Kier molecular flexibility index (Phi) is 6.49. The van der Waals surface area contributed by atoms with E-state index in [9.17, 15) is 14.0 Å². The highest BCUT2D eigenvalue weighted by Crippen LogP contribution is 2.55. The summed E-state index contributed by atoms with van der Waals surface area (Å²) in [5.41, 5.74) is 2.00. The van der Waals surface area contributed by atoms with Gasteiger partial charge in [0.2, 0.25) is 0 Å². The van der Waals surface area contributed by atoms with E-state index in [0.29, 0.717) is 11.4 Å². The molecule has 2 aromatic heterocycles. The van der Waals surface area contributed by atoms with Crippen molar-refractivity contribution in [1.82, 2.24) is 9.97 Å². The molecule has 8 heteroatoms. The second-order valence-electron chi connectivity index (χ2n) is 10.4. The zero-order chi connectivity index (χ0) is 31.3. The third-order valence-electron chi connectivity index (χ3n) is 8.15.